The van der Waals surface area contributed by atoms with Crippen LogP contribution in [0.4, 0.5) is 11.8 Å². The Balaban J connectivity index is 1.35. The lowest BCUT2D eigenvalue weighted by molar-refractivity contribution is 0.0114. The lowest BCUT2D eigenvalue weighted by Crippen LogP contribution is -2.49. The molecule has 1 atom stereocenters. The highest BCUT2D eigenvalue weighted by Crippen LogP contribution is 2.32. The first-order valence-electron chi connectivity index (χ1n) is 14.0. The first-order chi connectivity index (χ1) is 19.1. The van der Waals surface area contributed by atoms with E-state index in [0.29, 0.717) is 30.7 Å². The number of rotatable bonds is 6. The van der Waals surface area contributed by atoms with Crippen molar-refractivity contribution in [2.75, 3.05) is 76.1 Å². The van der Waals surface area contributed by atoms with Crippen LogP contribution in [0.3, 0.4) is 0 Å². The molecule has 6 rings (SSSR count). The molecule has 3 aromatic rings. The summed E-state index contributed by atoms with van der Waals surface area (Å²) in [6.45, 7) is 9.75. The van der Waals surface area contributed by atoms with E-state index in [-0.39, 0.29) is 12.6 Å². The number of pyridine rings is 1. The molecule has 3 fully saturated rings. The van der Waals surface area contributed by atoms with Crippen LogP contribution in [0.25, 0.3) is 22.3 Å². The molecule has 5 heterocycles. The van der Waals surface area contributed by atoms with Gasteiger partial charge in [-0.25, -0.2) is 4.98 Å². The monoisotopic (exact) mass is 534 g/mol. The van der Waals surface area contributed by atoms with Crippen molar-refractivity contribution in [1.82, 2.24) is 19.9 Å². The maximum Gasteiger partial charge on any atom is 0.229 e. The number of benzene rings is 1. The number of anilines is 2. The molecule has 1 aromatic carbocycles. The van der Waals surface area contributed by atoms with Crippen LogP contribution < -0.4 is 14.5 Å². The fourth-order valence-corrected chi connectivity index (χ4v) is 5.98. The molecule has 3 aliphatic rings. The Morgan fingerprint density at radius 2 is 1.74 bits per heavy atom. The summed E-state index contributed by atoms with van der Waals surface area (Å²) in [5.74, 6) is 2.33. The molecule has 10 heteroatoms. The number of aliphatic hydroxyl groups excluding tert-OH is 1. The molecule has 208 valence electrons. The molecule has 0 radical (unpaired) electrons. The van der Waals surface area contributed by atoms with Gasteiger partial charge in [-0.2, -0.15) is 9.97 Å². The first kappa shape index (κ1) is 26.2. The van der Waals surface area contributed by atoms with Gasteiger partial charge in [0.05, 0.1) is 57.3 Å². The number of aromatic nitrogens is 3. The Morgan fingerprint density at radius 3 is 2.49 bits per heavy atom. The fourth-order valence-electron chi connectivity index (χ4n) is 5.98. The smallest absolute Gasteiger partial charge is 0.229 e. The number of ether oxygens (including phenoxy) is 3. The number of aliphatic hydroxyl groups is 1. The highest BCUT2D eigenvalue weighted by molar-refractivity contribution is 5.90. The third-order valence-corrected chi connectivity index (χ3v) is 8.22. The van der Waals surface area contributed by atoms with Gasteiger partial charge in [0.1, 0.15) is 11.6 Å². The maximum absolute atomic E-state index is 9.83. The molecule has 10 nitrogen and oxygen atoms in total. The van der Waals surface area contributed by atoms with Crippen LogP contribution in [0.15, 0.2) is 30.3 Å². The summed E-state index contributed by atoms with van der Waals surface area (Å²) in [5, 5.41) is 10.8. The Morgan fingerprint density at radius 1 is 0.949 bits per heavy atom. The zero-order chi connectivity index (χ0) is 26.8. The van der Waals surface area contributed by atoms with Crippen molar-refractivity contribution in [3.05, 3.63) is 35.9 Å². The zero-order valence-electron chi connectivity index (χ0n) is 22.9. The largest absolute Gasteiger partial charge is 0.496 e. The SMILES string of the molecule is COc1ccc(-c2ccc3c(N4CCOC[C@@H]4C)nc(N4CCC(N5CCOCC5)CC4)nc3n2)cc1CO. The summed E-state index contributed by atoms with van der Waals surface area (Å²) in [6.07, 6.45) is 2.18. The van der Waals surface area contributed by atoms with Gasteiger partial charge in [-0.05, 0) is 50.1 Å². The highest BCUT2D eigenvalue weighted by Gasteiger charge is 2.29. The van der Waals surface area contributed by atoms with E-state index in [2.05, 4.69) is 27.7 Å². The fraction of sp³-hybridized carbons (Fsp3) is 0.552. The van der Waals surface area contributed by atoms with Crippen LogP contribution >= 0.6 is 0 Å². The van der Waals surface area contributed by atoms with E-state index in [1.807, 2.05) is 24.3 Å². The Kier molecular flexibility index (Phi) is 7.78. The van der Waals surface area contributed by atoms with Gasteiger partial charge >= 0.3 is 0 Å². The average molecular weight is 535 g/mol. The van der Waals surface area contributed by atoms with E-state index in [0.717, 1.165) is 92.8 Å². The normalized spacial score (nSPS) is 21.5. The van der Waals surface area contributed by atoms with E-state index in [1.165, 1.54) is 0 Å². The molecule has 0 bridgehead atoms. The molecule has 2 aromatic heterocycles. The quantitative estimate of drug-likeness (QED) is 0.509. The number of methoxy groups -OCH3 is 1. The molecule has 1 N–H and O–H groups in total. The summed E-state index contributed by atoms with van der Waals surface area (Å²) in [4.78, 5) is 22.4. The predicted molar refractivity (Wildman–Crippen MR) is 150 cm³/mol. The molecule has 3 aliphatic heterocycles. The van der Waals surface area contributed by atoms with Gasteiger partial charge in [-0.1, -0.05) is 0 Å². The van der Waals surface area contributed by atoms with Gasteiger partial charge < -0.3 is 29.1 Å². The van der Waals surface area contributed by atoms with E-state index >= 15 is 0 Å². The van der Waals surface area contributed by atoms with Crippen LogP contribution in [0.1, 0.15) is 25.3 Å². The standard InChI is InChI=1S/C29H38N6O4/c1-20-19-39-16-13-35(20)28-24-4-5-25(21-3-6-26(37-2)22(17-21)18-36)30-27(24)31-29(32-28)34-9-7-23(8-10-34)33-11-14-38-15-12-33/h3-6,17,20,23,36H,7-16,18-19H2,1-2H3/t20-/m0/s1. The summed E-state index contributed by atoms with van der Waals surface area (Å²) in [5.41, 5.74) is 3.13. The number of piperidine rings is 1. The first-order valence-corrected chi connectivity index (χ1v) is 14.0. The number of hydrogen-bond donors (Lipinski definition) is 1. The van der Waals surface area contributed by atoms with Gasteiger partial charge in [-0.15, -0.1) is 0 Å². The van der Waals surface area contributed by atoms with E-state index in [4.69, 9.17) is 29.2 Å². The minimum atomic E-state index is -0.101. The van der Waals surface area contributed by atoms with Gasteiger partial charge in [0.2, 0.25) is 5.95 Å². The van der Waals surface area contributed by atoms with E-state index < -0.39 is 0 Å². The van der Waals surface area contributed by atoms with Crippen molar-refractivity contribution in [2.45, 2.75) is 38.5 Å². The van der Waals surface area contributed by atoms with Crippen LogP contribution in [-0.2, 0) is 16.1 Å². The minimum absolute atomic E-state index is 0.101. The summed E-state index contributed by atoms with van der Waals surface area (Å²) in [7, 11) is 1.61. The maximum atomic E-state index is 9.83. The molecule has 0 amide bonds. The Bertz CT molecular complexity index is 1290. The zero-order valence-corrected chi connectivity index (χ0v) is 22.9. The van der Waals surface area contributed by atoms with Gasteiger partial charge in [0.25, 0.3) is 0 Å². The van der Waals surface area contributed by atoms with Crippen LogP contribution in [-0.4, -0.2) is 103 Å². The van der Waals surface area contributed by atoms with Crippen LogP contribution in [0.5, 0.6) is 5.75 Å². The second-order valence-electron chi connectivity index (χ2n) is 10.6. The number of morpholine rings is 2. The molecule has 0 unspecified atom stereocenters. The second kappa shape index (κ2) is 11.6. The number of fused-ring (bicyclic) bond motifs is 1. The molecular formula is C29H38N6O4. The van der Waals surface area contributed by atoms with Gasteiger partial charge in [-0.3, -0.25) is 4.90 Å². The number of hydrogen-bond acceptors (Lipinski definition) is 10. The molecule has 39 heavy (non-hydrogen) atoms. The molecule has 0 aliphatic carbocycles. The van der Waals surface area contributed by atoms with Gasteiger partial charge in [0, 0.05) is 49.9 Å². The van der Waals surface area contributed by atoms with E-state index in [9.17, 15) is 5.11 Å². The minimum Gasteiger partial charge on any atom is -0.496 e. The van der Waals surface area contributed by atoms with Crippen molar-refractivity contribution in [2.24, 2.45) is 0 Å². The van der Waals surface area contributed by atoms with E-state index in [1.54, 1.807) is 7.11 Å². The number of nitrogens with zero attached hydrogens (tertiary/aromatic N) is 6. The van der Waals surface area contributed by atoms with Crippen LogP contribution in [0.2, 0.25) is 0 Å². The highest BCUT2D eigenvalue weighted by atomic mass is 16.5. The summed E-state index contributed by atoms with van der Waals surface area (Å²) < 4.78 is 16.7. The van der Waals surface area contributed by atoms with Crippen molar-refractivity contribution >= 4 is 22.8 Å². The Hall–Kier alpha value is -3.05. The van der Waals surface area contributed by atoms with Crippen LogP contribution in [0, 0.1) is 0 Å². The predicted octanol–water partition coefficient (Wildman–Crippen LogP) is 2.72. The molecule has 3 saturated heterocycles. The lowest BCUT2D eigenvalue weighted by atomic mass is 10.0. The van der Waals surface area contributed by atoms with Gasteiger partial charge in [0.15, 0.2) is 5.65 Å². The Labute approximate surface area is 229 Å². The molecular weight excluding hydrogens is 496 g/mol. The van der Waals surface area contributed by atoms with Crippen molar-refractivity contribution in [3.63, 3.8) is 0 Å². The topological polar surface area (TPSA) is 96.3 Å². The molecule has 0 spiro atoms. The van der Waals surface area contributed by atoms with Crippen molar-refractivity contribution < 1.29 is 19.3 Å². The van der Waals surface area contributed by atoms with Crippen molar-refractivity contribution in [1.29, 1.82) is 0 Å². The lowest BCUT2D eigenvalue weighted by Gasteiger charge is -2.40. The summed E-state index contributed by atoms with van der Waals surface area (Å²) in [6, 6.07) is 10.7. The third-order valence-electron chi connectivity index (χ3n) is 8.22. The second-order valence-corrected chi connectivity index (χ2v) is 10.6. The third kappa shape index (κ3) is 5.38. The average Bonchev–Trinajstić information content (AvgIpc) is 3.00. The summed E-state index contributed by atoms with van der Waals surface area (Å²) >= 11 is 0. The van der Waals surface area contributed by atoms with Crippen molar-refractivity contribution in [3.8, 4) is 17.0 Å². The molecule has 0 saturated carbocycles.